The maximum absolute atomic E-state index is 12.6. The third kappa shape index (κ3) is 3.88. The maximum Gasteiger partial charge on any atom is 0.123 e. The fraction of sp³-hybridized carbons (Fsp3) is 0.500. The first-order valence-electron chi connectivity index (χ1n) is 5.06. The molecule has 78 valence electrons. The largest absolute Gasteiger partial charge is 0.390 e. The minimum Gasteiger partial charge on any atom is -0.390 e. The van der Waals surface area contributed by atoms with Gasteiger partial charge in [-0.2, -0.15) is 0 Å². The van der Waals surface area contributed by atoms with E-state index in [4.69, 9.17) is 0 Å². The molecule has 0 fully saturated rings. The van der Waals surface area contributed by atoms with Gasteiger partial charge in [0.2, 0.25) is 0 Å². The predicted molar refractivity (Wildman–Crippen MR) is 56.0 cm³/mol. The summed E-state index contributed by atoms with van der Waals surface area (Å²) in [5.41, 5.74) is 1.24. The van der Waals surface area contributed by atoms with Crippen LogP contribution in [0.25, 0.3) is 0 Å². The summed E-state index contributed by atoms with van der Waals surface area (Å²) in [6.07, 6.45) is 0.348. The molecule has 1 nitrogen and oxygen atoms in total. The van der Waals surface area contributed by atoms with Crippen LogP contribution in [-0.4, -0.2) is 17.4 Å². The van der Waals surface area contributed by atoms with Crippen LogP contribution in [0.1, 0.15) is 25.3 Å². The fourth-order valence-corrected chi connectivity index (χ4v) is 1.39. The van der Waals surface area contributed by atoms with E-state index in [2.05, 4.69) is 0 Å². The predicted octanol–water partition coefficient (Wildman–Crippen LogP) is 2.73. The summed E-state index contributed by atoms with van der Waals surface area (Å²) < 4.78 is 12.6. The third-order valence-corrected chi connectivity index (χ3v) is 2.34. The van der Waals surface area contributed by atoms with Crippen LogP contribution < -0.4 is 0 Å². The first-order chi connectivity index (χ1) is 6.70. The molecular weight excluding hydrogens is 179 g/mol. The SMILES string of the molecule is C[C@H](F)[C@H](O)CCCc1ccccc1. The second-order valence-electron chi connectivity index (χ2n) is 3.62. The molecule has 0 saturated heterocycles. The lowest BCUT2D eigenvalue weighted by Crippen LogP contribution is -2.18. The van der Waals surface area contributed by atoms with Crippen LogP contribution in [0.2, 0.25) is 0 Å². The molecular formula is C12H17FO. The van der Waals surface area contributed by atoms with Crippen molar-refractivity contribution < 1.29 is 9.50 Å². The Kier molecular flexibility index (Phi) is 4.60. The van der Waals surface area contributed by atoms with Gasteiger partial charge in [0.1, 0.15) is 6.17 Å². The van der Waals surface area contributed by atoms with Crippen molar-refractivity contribution in [3.05, 3.63) is 35.9 Å². The highest BCUT2D eigenvalue weighted by Crippen LogP contribution is 2.09. The van der Waals surface area contributed by atoms with Crippen LogP contribution in [0.15, 0.2) is 30.3 Å². The van der Waals surface area contributed by atoms with Crippen LogP contribution in [0.4, 0.5) is 4.39 Å². The van der Waals surface area contributed by atoms with E-state index in [1.54, 1.807) is 0 Å². The highest BCUT2D eigenvalue weighted by molar-refractivity contribution is 5.14. The molecule has 1 aromatic rings. The van der Waals surface area contributed by atoms with Crippen molar-refractivity contribution in [3.63, 3.8) is 0 Å². The number of benzene rings is 1. The van der Waals surface area contributed by atoms with Crippen molar-refractivity contribution >= 4 is 0 Å². The van der Waals surface area contributed by atoms with Crippen molar-refractivity contribution in [2.45, 2.75) is 38.5 Å². The van der Waals surface area contributed by atoms with Crippen molar-refractivity contribution in [1.29, 1.82) is 0 Å². The molecule has 2 atom stereocenters. The Hall–Kier alpha value is -0.890. The van der Waals surface area contributed by atoms with Gasteiger partial charge in [0.05, 0.1) is 6.10 Å². The first kappa shape index (κ1) is 11.2. The van der Waals surface area contributed by atoms with Gasteiger partial charge in [0.25, 0.3) is 0 Å². The zero-order chi connectivity index (χ0) is 10.4. The van der Waals surface area contributed by atoms with Crippen molar-refractivity contribution in [2.75, 3.05) is 0 Å². The summed E-state index contributed by atoms with van der Waals surface area (Å²) in [6, 6.07) is 10.0. The highest BCUT2D eigenvalue weighted by Gasteiger charge is 2.11. The number of hydrogen-bond acceptors (Lipinski definition) is 1. The lowest BCUT2D eigenvalue weighted by molar-refractivity contribution is 0.0789. The van der Waals surface area contributed by atoms with Crippen molar-refractivity contribution in [2.24, 2.45) is 0 Å². The molecule has 0 radical (unpaired) electrons. The van der Waals surface area contributed by atoms with Gasteiger partial charge < -0.3 is 5.11 Å². The van der Waals surface area contributed by atoms with Gasteiger partial charge in [0.15, 0.2) is 0 Å². The van der Waals surface area contributed by atoms with Gasteiger partial charge in [-0.3, -0.25) is 0 Å². The van der Waals surface area contributed by atoms with Crippen LogP contribution in [0.5, 0.6) is 0 Å². The van der Waals surface area contributed by atoms with Crippen LogP contribution in [0.3, 0.4) is 0 Å². The Morgan fingerprint density at radius 3 is 2.50 bits per heavy atom. The van der Waals surface area contributed by atoms with Gasteiger partial charge in [-0.15, -0.1) is 0 Å². The standard InChI is InChI=1S/C12H17FO/c1-10(13)12(14)9-5-8-11-6-3-2-4-7-11/h2-4,6-7,10,12,14H,5,8-9H2,1H3/t10-,12+/m0/s1. The summed E-state index contributed by atoms with van der Waals surface area (Å²) in [4.78, 5) is 0. The first-order valence-corrected chi connectivity index (χ1v) is 5.06. The molecule has 1 aromatic carbocycles. The Morgan fingerprint density at radius 2 is 1.93 bits per heavy atom. The van der Waals surface area contributed by atoms with Crippen molar-refractivity contribution in [3.8, 4) is 0 Å². The minimum absolute atomic E-state index is 0.534. The molecule has 0 aliphatic heterocycles. The summed E-state index contributed by atoms with van der Waals surface area (Å²) in [7, 11) is 0. The second-order valence-corrected chi connectivity index (χ2v) is 3.62. The van der Waals surface area contributed by atoms with Gasteiger partial charge in [-0.1, -0.05) is 30.3 Å². The monoisotopic (exact) mass is 196 g/mol. The average molecular weight is 196 g/mol. The Morgan fingerprint density at radius 1 is 1.29 bits per heavy atom. The molecule has 0 heterocycles. The molecule has 0 aliphatic rings. The topological polar surface area (TPSA) is 20.2 Å². The minimum atomic E-state index is -1.12. The number of hydrogen-bond donors (Lipinski definition) is 1. The van der Waals surface area contributed by atoms with Gasteiger partial charge >= 0.3 is 0 Å². The molecule has 0 saturated carbocycles. The van der Waals surface area contributed by atoms with Crippen LogP contribution in [0, 0.1) is 0 Å². The lowest BCUT2D eigenvalue weighted by atomic mass is 10.0. The molecule has 0 bridgehead atoms. The second kappa shape index (κ2) is 5.76. The van der Waals surface area contributed by atoms with E-state index in [-0.39, 0.29) is 0 Å². The van der Waals surface area contributed by atoms with Gasteiger partial charge in [0, 0.05) is 0 Å². The highest BCUT2D eigenvalue weighted by atomic mass is 19.1. The summed E-state index contributed by atoms with van der Waals surface area (Å²) in [5, 5.41) is 9.23. The summed E-state index contributed by atoms with van der Waals surface area (Å²) in [6.45, 7) is 1.40. The molecule has 0 aliphatic carbocycles. The molecule has 0 amide bonds. The normalized spacial score (nSPS) is 15.1. The van der Waals surface area contributed by atoms with E-state index in [9.17, 15) is 9.50 Å². The van der Waals surface area contributed by atoms with E-state index in [1.807, 2.05) is 30.3 Å². The lowest BCUT2D eigenvalue weighted by Gasteiger charge is -2.10. The van der Waals surface area contributed by atoms with Crippen LogP contribution in [-0.2, 0) is 6.42 Å². The molecule has 0 spiro atoms. The van der Waals surface area contributed by atoms with E-state index in [1.165, 1.54) is 12.5 Å². The van der Waals surface area contributed by atoms with Crippen LogP contribution >= 0.6 is 0 Å². The van der Waals surface area contributed by atoms with Crippen molar-refractivity contribution in [1.82, 2.24) is 0 Å². The number of aliphatic hydroxyl groups excluding tert-OH is 1. The number of aliphatic hydroxyl groups is 1. The average Bonchev–Trinajstić information content (AvgIpc) is 2.19. The summed E-state index contributed by atoms with van der Waals surface area (Å²) >= 11 is 0. The number of halogens is 1. The van der Waals surface area contributed by atoms with E-state index >= 15 is 0 Å². The molecule has 1 N–H and O–H groups in total. The zero-order valence-electron chi connectivity index (χ0n) is 8.49. The molecule has 2 heteroatoms. The summed E-state index contributed by atoms with van der Waals surface area (Å²) in [5.74, 6) is 0. The van der Waals surface area contributed by atoms with E-state index in [0.717, 1.165) is 12.8 Å². The molecule has 1 rings (SSSR count). The van der Waals surface area contributed by atoms with Gasteiger partial charge in [-0.05, 0) is 31.7 Å². The third-order valence-electron chi connectivity index (χ3n) is 2.34. The Labute approximate surface area is 84.6 Å². The molecule has 0 aromatic heterocycles. The fourth-order valence-electron chi connectivity index (χ4n) is 1.39. The number of alkyl halides is 1. The zero-order valence-corrected chi connectivity index (χ0v) is 8.49. The quantitative estimate of drug-likeness (QED) is 0.767. The van der Waals surface area contributed by atoms with E-state index in [0.29, 0.717) is 6.42 Å². The Bertz CT molecular complexity index is 246. The molecule has 0 unspecified atom stereocenters. The number of rotatable bonds is 5. The van der Waals surface area contributed by atoms with Gasteiger partial charge in [-0.25, -0.2) is 4.39 Å². The maximum atomic E-state index is 12.6. The van der Waals surface area contributed by atoms with E-state index < -0.39 is 12.3 Å². The Balaban J connectivity index is 2.22. The smallest absolute Gasteiger partial charge is 0.123 e. The number of aryl methyl sites for hydroxylation is 1. The molecule has 14 heavy (non-hydrogen) atoms.